The molecule has 0 unspecified atom stereocenters. The third kappa shape index (κ3) is 3.27. The molecule has 0 spiro atoms. The maximum atomic E-state index is 12.9. The number of piperidine rings is 1. The number of nitrogens with zero attached hydrogens (tertiary/aromatic N) is 4. The fourth-order valence-corrected chi connectivity index (χ4v) is 3.82. The minimum atomic E-state index is -0.183. The van der Waals surface area contributed by atoms with Crippen molar-refractivity contribution in [1.82, 2.24) is 20.0 Å². The summed E-state index contributed by atoms with van der Waals surface area (Å²) in [6.45, 7) is 4.69. The highest BCUT2D eigenvalue weighted by Gasteiger charge is 2.40. The standard InChI is InChI=1S/C19H23N5O3/c1-11-4-5-13(17-22-21-12(2)27-17)8-16(11)20-19(26)24-9-14-6-7-15(10-24)23(3)18(14)25/h4-5,8,14-15H,6-7,9-10H2,1-3H3,(H,20,26)/t14-,15+/m1/s1. The second kappa shape index (κ2) is 6.68. The van der Waals surface area contributed by atoms with E-state index in [0.717, 1.165) is 24.0 Å². The molecule has 5 rings (SSSR count). The summed E-state index contributed by atoms with van der Waals surface area (Å²) in [5.41, 5.74) is 2.39. The van der Waals surface area contributed by atoms with Crippen LogP contribution < -0.4 is 5.32 Å². The lowest BCUT2D eigenvalue weighted by molar-refractivity contribution is -0.138. The Morgan fingerprint density at radius 2 is 2.04 bits per heavy atom. The van der Waals surface area contributed by atoms with E-state index in [2.05, 4.69) is 15.5 Å². The number of urea groups is 1. The molecule has 8 heteroatoms. The summed E-state index contributed by atoms with van der Waals surface area (Å²) in [5, 5.41) is 10.9. The first-order chi connectivity index (χ1) is 12.9. The quantitative estimate of drug-likeness (QED) is 0.878. The summed E-state index contributed by atoms with van der Waals surface area (Å²) < 4.78 is 5.47. The van der Waals surface area contributed by atoms with Crippen molar-refractivity contribution in [1.29, 1.82) is 0 Å². The monoisotopic (exact) mass is 369 g/mol. The topological polar surface area (TPSA) is 91.6 Å². The number of likely N-dealkylation sites (N-methyl/N-ethyl adjacent to an activating group) is 1. The predicted molar refractivity (Wildman–Crippen MR) is 99.1 cm³/mol. The van der Waals surface area contributed by atoms with Gasteiger partial charge in [0.05, 0.1) is 5.92 Å². The molecular weight excluding hydrogens is 346 g/mol. The number of fused-ring (bicyclic) bond motifs is 4. The van der Waals surface area contributed by atoms with Crippen molar-refractivity contribution < 1.29 is 14.0 Å². The number of carbonyl (C=O) groups is 2. The van der Waals surface area contributed by atoms with Gasteiger partial charge in [0.25, 0.3) is 0 Å². The third-order valence-electron chi connectivity index (χ3n) is 5.50. The highest BCUT2D eigenvalue weighted by molar-refractivity contribution is 5.92. The van der Waals surface area contributed by atoms with E-state index in [4.69, 9.17) is 4.42 Å². The van der Waals surface area contributed by atoms with E-state index in [1.807, 2.05) is 32.2 Å². The number of aromatic nitrogens is 2. The summed E-state index contributed by atoms with van der Waals surface area (Å²) in [7, 11) is 1.83. The van der Waals surface area contributed by atoms with Crippen LogP contribution in [-0.2, 0) is 4.79 Å². The number of aryl methyl sites for hydroxylation is 2. The molecule has 0 radical (unpaired) electrons. The molecule has 3 aliphatic heterocycles. The zero-order valence-electron chi connectivity index (χ0n) is 15.7. The first kappa shape index (κ1) is 17.5. The number of benzene rings is 1. The van der Waals surface area contributed by atoms with E-state index < -0.39 is 0 Å². The van der Waals surface area contributed by atoms with Crippen LogP contribution in [0.2, 0.25) is 0 Å². The van der Waals surface area contributed by atoms with Crippen LogP contribution in [0.3, 0.4) is 0 Å². The molecular formula is C19H23N5O3. The van der Waals surface area contributed by atoms with Crippen LogP contribution >= 0.6 is 0 Å². The number of nitrogens with one attached hydrogen (secondary N) is 1. The Morgan fingerprint density at radius 1 is 1.22 bits per heavy atom. The molecule has 0 saturated carbocycles. The molecule has 4 heterocycles. The summed E-state index contributed by atoms with van der Waals surface area (Å²) >= 11 is 0. The SMILES string of the molecule is Cc1nnc(-c2ccc(C)c(NC(=O)N3C[C@H]4CC[C@@H](C3)N(C)C4=O)c2)o1. The number of anilines is 1. The van der Waals surface area contributed by atoms with Gasteiger partial charge in [-0.05, 0) is 37.5 Å². The zero-order valence-corrected chi connectivity index (χ0v) is 15.7. The van der Waals surface area contributed by atoms with Gasteiger partial charge in [0, 0.05) is 44.4 Å². The van der Waals surface area contributed by atoms with Gasteiger partial charge >= 0.3 is 6.03 Å². The van der Waals surface area contributed by atoms with Gasteiger partial charge in [-0.15, -0.1) is 10.2 Å². The molecule has 8 nitrogen and oxygen atoms in total. The third-order valence-corrected chi connectivity index (χ3v) is 5.50. The Morgan fingerprint density at radius 3 is 2.78 bits per heavy atom. The van der Waals surface area contributed by atoms with E-state index in [1.54, 1.807) is 16.7 Å². The van der Waals surface area contributed by atoms with E-state index in [1.165, 1.54) is 0 Å². The van der Waals surface area contributed by atoms with Crippen molar-refractivity contribution in [3.8, 4) is 11.5 Å². The first-order valence-corrected chi connectivity index (χ1v) is 9.16. The molecule has 1 aromatic heterocycles. The molecule has 1 N–H and O–H groups in total. The van der Waals surface area contributed by atoms with Crippen molar-refractivity contribution in [2.24, 2.45) is 5.92 Å². The van der Waals surface area contributed by atoms with E-state index in [-0.39, 0.29) is 23.9 Å². The van der Waals surface area contributed by atoms with E-state index >= 15 is 0 Å². The lowest BCUT2D eigenvalue weighted by Crippen LogP contribution is -2.45. The summed E-state index contributed by atoms with van der Waals surface area (Å²) in [6, 6.07) is 5.54. The van der Waals surface area contributed by atoms with Crippen molar-refractivity contribution in [2.45, 2.75) is 32.7 Å². The highest BCUT2D eigenvalue weighted by Crippen LogP contribution is 2.29. The Bertz CT molecular complexity index is 893. The second-order valence-corrected chi connectivity index (χ2v) is 7.37. The molecule has 3 fully saturated rings. The van der Waals surface area contributed by atoms with Crippen molar-refractivity contribution in [3.05, 3.63) is 29.7 Å². The number of carbonyl (C=O) groups excluding carboxylic acids is 2. The van der Waals surface area contributed by atoms with Gasteiger partial charge in [0.15, 0.2) is 0 Å². The number of hydrogen-bond acceptors (Lipinski definition) is 5. The van der Waals surface area contributed by atoms with E-state index in [9.17, 15) is 9.59 Å². The molecule has 2 aromatic rings. The largest absolute Gasteiger partial charge is 0.421 e. The maximum Gasteiger partial charge on any atom is 0.321 e. The molecule has 2 bridgehead atoms. The van der Waals surface area contributed by atoms with Gasteiger partial charge in [-0.2, -0.15) is 0 Å². The van der Waals surface area contributed by atoms with Crippen molar-refractivity contribution >= 4 is 17.6 Å². The van der Waals surface area contributed by atoms with Crippen LogP contribution in [0.1, 0.15) is 24.3 Å². The minimum Gasteiger partial charge on any atom is -0.421 e. The average molecular weight is 369 g/mol. The summed E-state index contributed by atoms with van der Waals surface area (Å²) in [5.74, 6) is 0.952. The molecule has 142 valence electrons. The van der Waals surface area contributed by atoms with Crippen LogP contribution in [-0.4, -0.2) is 58.1 Å². The molecule has 1 aromatic carbocycles. The van der Waals surface area contributed by atoms with Gasteiger partial charge in [-0.1, -0.05) is 6.07 Å². The van der Waals surface area contributed by atoms with Crippen LogP contribution in [0.4, 0.5) is 10.5 Å². The van der Waals surface area contributed by atoms with Crippen LogP contribution in [0.5, 0.6) is 0 Å². The van der Waals surface area contributed by atoms with Gasteiger partial charge < -0.3 is 19.5 Å². The Kier molecular flexibility index (Phi) is 4.33. The second-order valence-electron chi connectivity index (χ2n) is 7.37. The normalized spacial score (nSPS) is 22.1. The summed E-state index contributed by atoms with van der Waals surface area (Å²) in [6.07, 6.45) is 1.80. The zero-order chi connectivity index (χ0) is 19.1. The van der Waals surface area contributed by atoms with Crippen LogP contribution in [0.25, 0.3) is 11.5 Å². The predicted octanol–water partition coefficient (Wildman–Crippen LogP) is 2.44. The number of rotatable bonds is 2. The first-order valence-electron chi connectivity index (χ1n) is 9.16. The smallest absolute Gasteiger partial charge is 0.321 e. The lowest BCUT2D eigenvalue weighted by atomic mass is 9.95. The van der Waals surface area contributed by atoms with Gasteiger partial charge in [0.1, 0.15) is 0 Å². The Balaban J connectivity index is 1.54. The molecule has 2 atom stereocenters. The Labute approximate surface area is 157 Å². The highest BCUT2D eigenvalue weighted by atomic mass is 16.4. The number of amides is 3. The minimum absolute atomic E-state index is 0.0933. The van der Waals surface area contributed by atoms with Crippen LogP contribution in [0.15, 0.2) is 22.6 Å². The lowest BCUT2D eigenvalue weighted by Gasteiger charge is -2.32. The van der Waals surface area contributed by atoms with Crippen LogP contribution in [0, 0.1) is 19.8 Å². The molecule has 3 aliphatic rings. The number of hydrogen-bond donors (Lipinski definition) is 1. The molecule has 0 aliphatic carbocycles. The molecule has 3 amide bonds. The molecule has 27 heavy (non-hydrogen) atoms. The summed E-state index contributed by atoms with van der Waals surface area (Å²) in [4.78, 5) is 28.8. The van der Waals surface area contributed by atoms with Gasteiger partial charge in [-0.3, -0.25) is 4.79 Å². The van der Waals surface area contributed by atoms with Crippen molar-refractivity contribution in [3.63, 3.8) is 0 Å². The van der Waals surface area contributed by atoms with E-state index in [0.29, 0.717) is 30.6 Å². The fourth-order valence-electron chi connectivity index (χ4n) is 3.82. The maximum absolute atomic E-state index is 12.9. The van der Waals surface area contributed by atoms with Gasteiger partial charge in [0.2, 0.25) is 17.7 Å². The van der Waals surface area contributed by atoms with Gasteiger partial charge in [-0.25, -0.2) is 4.79 Å². The average Bonchev–Trinajstić information content (AvgIpc) is 2.90. The van der Waals surface area contributed by atoms with Crippen molar-refractivity contribution in [2.75, 3.05) is 25.5 Å². The Hall–Kier alpha value is -2.90. The fraction of sp³-hybridized carbons (Fsp3) is 0.474. The molecule has 3 saturated heterocycles.